The Bertz CT molecular complexity index is 1030. The van der Waals surface area contributed by atoms with Crippen molar-refractivity contribution in [2.75, 3.05) is 18.5 Å². The highest BCUT2D eigenvalue weighted by atomic mass is 16.6. The summed E-state index contributed by atoms with van der Waals surface area (Å²) in [6.45, 7) is 7.23. The lowest BCUT2D eigenvalue weighted by Gasteiger charge is -2.21. The van der Waals surface area contributed by atoms with Crippen molar-refractivity contribution in [3.05, 3.63) is 29.7 Å². The van der Waals surface area contributed by atoms with Gasteiger partial charge in [0, 0.05) is 19.4 Å². The second kappa shape index (κ2) is 7.00. The Hall–Kier alpha value is -3.10. The summed E-state index contributed by atoms with van der Waals surface area (Å²) in [5, 5.41) is 2.80. The zero-order valence-corrected chi connectivity index (χ0v) is 17.9. The van der Waals surface area contributed by atoms with Gasteiger partial charge in [-0.2, -0.15) is 0 Å². The van der Waals surface area contributed by atoms with Crippen LogP contribution in [0, 0.1) is 0 Å². The Balaban J connectivity index is 1.68. The lowest BCUT2D eigenvalue weighted by atomic mass is 10.1. The Morgan fingerprint density at radius 3 is 2.53 bits per heavy atom. The minimum atomic E-state index is -0.594. The third-order valence-electron chi connectivity index (χ3n) is 5.27. The fourth-order valence-corrected chi connectivity index (χ4v) is 3.51. The van der Waals surface area contributed by atoms with Gasteiger partial charge in [-0.1, -0.05) is 0 Å². The molecule has 0 unspecified atom stereocenters. The summed E-state index contributed by atoms with van der Waals surface area (Å²) >= 11 is 0. The van der Waals surface area contributed by atoms with Gasteiger partial charge in [-0.15, -0.1) is 0 Å². The number of rotatable bonds is 4. The van der Waals surface area contributed by atoms with Crippen LogP contribution in [0.2, 0.25) is 0 Å². The first kappa shape index (κ1) is 20.2. The first-order chi connectivity index (χ1) is 14.0. The maximum Gasteiger partial charge on any atom is 0.408 e. The number of carbonyl (C=O) groups excluding carboxylic acids is 3. The Morgan fingerprint density at radius 2 is 1.97 bits per heavy atom. The molecule has 9 heteroatoms. The number of fused-ring (bicyclic) bond motifs is 1. The van der Waals surface area contributed by atoms with E-state index in [2.05, 4.69) is 10.3 Å². The van der Waals surface area contributed by atoms with Gasteiger partial charge in [0.15, 0.2) is 5.65 Å². The summed E-state index contributed by atoms with van der Waals surface area (Å²) in [5.41, 5.74) is 2.34. The van der Waals surface area contributed by atoms with Crippen LogP contribution in [-0.4, -0.2) is 51.5 Å². The number of carbonyl (C=O) groups is 3. The van der Waals surface area contributed by atoms with E-state index >= 15 is 0 Å². The minimum Gasteiger partial charge on any atom is -0.444 e. The number of urea groups is 1. The Morgan fingerprint density at radius 1 is 1.27 bits per heavy atom. The predicted octanol–water partition coefficient (Wildman–Crippen LogP) is 3.20. The first-order valence-corrected chi connectivity index (χ1v) is 10.1. The van der Waals surface area contributed by atoms with E-state index in [1.807, 2.05) is 29.8 Å². The molecule has 0 aromatic carbocycles. The van der Waals surface area contributed by atoms with Crippen molar-refractivity contribution in [3.63, 3.8) is 0 Å². The SMILES string of the molecule is C[C@@H](NC(=O)OC(C)(C)C)c1cn2cc(C3CC3)cc(N3CC(=O)N(C)C3=O)c2n1. The lowest BCUT2D eigenvalue weighted by Crippen LogP contribution is -2.34. The molecular formula is C21H27N5O4. The van der Waals surface area contributed by atoms with Crippen molar-refractivity contribution in [2.24, 2.45) is 0 Å². The molecule has 160 valence electrons. The molecule has 0 radical (unpaired) electrons. The van der Waals surface area contributed by atoms with Crippen LogP contribution in [0.5, 0.6) is 0 Å². The van der Waals surface area contributed by atoms with Crippen molar-refractivity contribution < 1.29 is 19.1 Å². The van der Waals surface area contributed by atoms with Crippen molar-refractivity contribution in [3.8, 4) is 0 Å². The normalized spacial score (nSPS) is 18.3. The standard InChI is InChI=1S/C21H27N5O4/c1-12(22-19(28)30-21(2,3)4)15-10-25-9-14(13-6-7-13)8-16(18(25)23-15)26-11-17(27)24(5)20(26)29/h8-10,12-13H,6-7,11H2,1-5H3,(H,22,28)/t12-/m1/s1. The van der Waals surface area contributed by atoms with Crippen LogP contribution < -0.4 is 10.2 Å². The second-order valence-corrected chi connectivity index (χ2v) is 9.02. The Labute approximate surface area is 175 Å². The van der Waals surface area contributed by atoms with E-state index < -0.39 is 17.7 Å². The predicted molar refractivity (Wildman–Crippen MR) is 110 cm³/mol. The molecule has 0 spiro atoms. The summed E-state index contributed by atoms with van der Waals surface area (Å²) < 4.78 is 7.20. The molecule has 2 aromatic rings. The number of ether oxygens (including phenoxy) is 1. The number of anilines is 1. The first-order valence-electron chi connectivity index (χ1n) is 10.1. The molecule has 1 saturated heterocycles. The highest BCUT2D eigenvalue weighted by Gasteiger charge is 2.36. The molecule has 1 aliphatic heterocycles. The maximum absolute atomic E-state index is 12.6. The van der Waals surface area contributed by atoms with Crippen molar-refractivity contribution in [1.82, 2.24) is 19.6 Å². The van der Waals surface area contributed by atoms with Gasteiger partial charge in [0.05, 0.1) is 17.4 Å². The topological polar surface area (TPSA) is 96.2 Å². The fourth-order valence-electron chi connectivity index (χ4n) is 3.51. The van der Waals surface area contributed by atoms with E-state index in [4.69, 9.17) is 4.74 Å². The number of hydrogen-bond acceptors (Lipinski definition) is 5. The number of hydrogen-bond donors (Lipinski definition) is 1. The van der Waals surface area contributed by atoms with E-state index in [1.54, 1.807) is 20.8 Å². The van der Waals surface area contributed by atoms with Crippen LogP contribution in [-0.2, 0) is 9.53 Å². The van der Waals surface area contributed by atoms with Crippen LogP contribution in [0.4, 0.5) is 15.3 Å². The number of likely N-dealkylation sites (N-methyl/N-ethyl adjacent to an activating group) is 1. The quantitative estimate of drug-likeness (QED) is 0.777. The van der Waals surface area contributed by atoms with Gasteiger partial charge in [-0.25, -0.2) is 14.6 Å². The van der Waals surface area contributed by atoms with Crippen molar-refractivity contribution >= 4 is 29.4 Å². The van der Waals surface area contributed by atoms with E-state index in [1.165, 1.54) is 11.9 Å². The molecule has 30 heavy (non-hydrogen) atoms. The third-order valence-corrected chi connectivity index (χ3v) is 5.27. The van der Waals surface area contributed by atoms with E-state index in [0.717, 1.165) is 23.3 Å². The Kier molecular flexibility index (Phi) is 4.71. The highest BCUT2D eigenvalue weighted by Crippen LogP contribution is 2.42. The van der Waals surface area contributed by atoms with Crippen LogP contribution in [0.1, 0.15) is 63.8 Å². The molecular weight excluding hydrogens is 386 g/mol. The van der Waals surface area contributed by atoms with E-state index in [-0.39, 0.29) is 18.5 Å². The smallest absolute Gasteiger partial charge is 0.408 e. The van der Waals surface area contributed by atoms with Gasteiger partial charge in [0.2, 0.25) is 5.91 Å². The van der Waals surface area contributed by atoms with Crippen LogP contribution in [0.15, 0.2) is 18.5 Å². The number of alkyl carbamates (subject to hydrolysis) is 1. The summed E-state index contributed by atoms with van der Waals surface area (Å²) in [6.07, 6.45) is 5.55. The van der Waals surface area contributed by atoms with Gasteiger partial charge in [0.25, 0.3) is 0 Å². The number of imide groups is 1. The molecule has 1 N–H and O–H groups in total. The molecule has 0 bridgehead atoms. The number of pyridine rings is 1. The van der Waals surface area contributed by atoms with Crippen molar-refractivity contribution in [2.45, 2.75) is 58.1 Å². The third kappa shape index (κ3) is 3.83. The zero-order valence-electron chi connectivity index (χ0n) is 17.9. The zero-order chi connectivity index (χ0) is 21.8. The molecule has 2 fully saturated rings. The van der Waals surface area contributed by atoms with Gasteiger partial charge in [0.1, 0.15) is 12.1 Å². The minimum absolute atomic E-state index is 0.00693. The second-order valence-electron chi connectivity index (χ2n) is 9.02. The summed E-state index contributed by atoms with van der Waals surface area (Å²) in [6, 6.07) is 1.20. The maximum atomic E-state index is 12.6. The van der Waals surface area contributed by atoms with Gasteiger partial charge in [-0.05, 0) is 58.1 Å². The fraction of sp³-hybridized carbons (Fsp3) is 0.524. The van der Waals surface area contributed by atoms with Crippen LogP contribution >= 0.6 is 0 Å². The van der Waals surface area contributed by atoms with Gasteiger partial charge in [-0.3, -0.25) is 14.6 Å². The van der Waals surface area contributed by atoms with Gasteiger partial charge < -0.3 is 14.5 Å². The number of amides is 4. The van der Waals surface area contributed by atoms with Gasteiger partial charge >= 0.3 is 12.1 Å². The highest BCUT2D eigenvalue weighted by molar-refractivity contribution is 6.13. The number of nitrogens with zero attached hydrogens (tertiary/aromatic N) is 4. The molecule has 2 aromatic heterocycles. The molecule has 4 rings (SSSR count). The number of nitrogens with one attached hydrogen (secondary N) is 1. The average molecular weight is 413 g/mol. The van der Waals surface area contributed by atoms with E-state index in [9.17, 15) is 14.4 Å². The molecule has 9 nitrogen and oxygen atoms in total. The summed E-state index contributed by atoms with van der Waals surface area (Å²) in [5.74, 6) is 0.212. The lowest BCUT2D eigenvalue weighted by molar-refractivity contribution is -0.123. The molecule has 4 amide bonds. The summed E-state index contributed by atoms with van der Waals surface area (Å²) in [4.78, 5) is 44.1. The molecule has 1 saturated carbocycles. The van der Waals surface area contributed by atoms with Crippen LogP contribution in [0.3, 0.4) is 0 Å². The van der Waals surface area contributed by atoms with E-state index in [0.29, 0.717) is 22.9 Å². The molecule has 2 aliphatic rings. The van der Waals surface area contributed by atoms with Crippen molar-refractivity contribution in [1.29, 1.82) is 0 Å². The molecule has 1 aliphatic carbocycles. The largest absolute Gasteiger partial charge is 0.444 e. The molecule has 3 heterocycles. The monoisotopic (exact) mass is 413 g/mol. The summed E-state index contributed by atoms with van der Waals surface area (Å²) in [7, 11) is 1.48. The number of aromatic nitrogens is 2. The van der Waals surface area contributed by atoms with Crippen LogP contribution in [0.25, 0.3) is 5.65 Å². The average Bonchev–Trinajstić information content (AvgIpc) is 3.35. The number of imidazole rings is 1. The molecule has 1 atom stereocenters.